The predicted octanol–water partition coefficient (Wildman–Crippen LogP) is 25.9. The number of hydrogen-bond acceptors (Lipinski definition) is 6. The van der Waals surface area contributed by atoms with Crippen molar-refractivity contribution in [2.75, 3.05) is 0 Å². The molecule has 8 heteroatoms. The molecule has 14 aromatic carbocycles. The molecule has 6 nitrogen and oxygen atoms in total. The van der Waals surface area contributed by atoms with E-state index in [1.54, 1.807) is 6.07 Å². The van der Waals surface area contributed by atoms with Gasteiger partial charge in [0, 0.05) is 33.9 Å². The average molecular weight is 1400 g/mol. The van der Waals surface area contributed by atoms with Crippen molar-refractivity contribution in [2.45, 2.75) is 46.3 Å². The van der Waals surface area contributed by atoms with Crippen molar-refractivity contribution in [3.63, 3.8) is 0 Å². The SMILES string of the molecule is C.CC1(C)OB(c2cc(-c3ccccc3)cc(-c3ccc(-c4cccc(-c5ccccc5)c4)cc3)c2)OC1(C)C.Clc1cc(-c2ccccc2)nc(-c2ccccc2)n1.c1ccc(-c2cccc(-c3ccc(-c4cc(-c5ccccc5)cc(-c5cc(-c6ccccc6)nc(-c6ccccc6)n5)c4)cc3)c2)cc1. The van der Waals surface area contributed by atoms with E-state index in [2.05, 4.69) is 329 Å². The van der Waals surface area contributed by atoms with Gasteiger partial charge in [-0.05, 0) is 165 Å². The highest BCUT2D eigenvalue weighted by Crippen LogP contribution is 2.40. The minimum atomic E-state index is -0.419. The van der Waals surface area contributed by atoms with Crippen molar-refractivity contribution in [3.05, 3.63) is 393 Å². The molecule has 0 radical (unpaired) electrons. The maximum absolute atomic E-state index is 6.43. The number of rotatable bonds is 14. The number of halogens is 1. The van der Waals surface area contributed by atoms with Crippen LogP contribution in [0.1, 0.15) is 35.1 Å². The van der Waals surface area contributed by atoms with Gasteiger partial charge in [0.1, 0.15) is 5.15 Å². The van der Waals surface area contributed by atoms with Gasteiger partial charge in [-0.2, -0.15) is 0 Å². The molecular weight excluding hydrogens is 1320 g/mol. The first-order valence-electron chi connectivity index (χ1n) is 35.8. The van der Waals surface area contributed by atoms with E-state index >= 15 is 0 Å². The first-order valence-corrected chi connectivity index (χ1v) is 36.2. The van der Waals surface area contributed by atoms with Crippen molar-refractivity contribution in [1.82, 2.24) is 19.9 Å². The number of hydrogen-bond donors (Lipinski definition) is 0. The van der Waals surface area contributed by atoms with E-state index in [9.17, 15) is 0 Å². The normalized spacial score (nSPS) is 12.5. The minimum absolute atomic E-state index is 0. The van der Waals surface area contributed by atoms with Crippen molar-refractivity contribution in [2.24, 2.45) is 0 Å². The molecule has 3 heterocycles. The van der Waals surface area contributed by atoms with Crippen molar-refractivity contribution >= 4 is 24.2 Å². The second kappa shape index (κ2) is 32.7. The lowest BCUT2D eigenvalue weighted by Crippen LogP contribution is -2.41. The van der Waals surface area contributed by atoms with Gasteiger partial charge in [0.15, 0.2) is 11.6 Å². The summed E-state index contributed by atoms with van der Waals surface area (Å²) in [6.45, 7) is 8.39. The molecule has 518 valence electrons. The Kier molecular flexibility index (Phi) is 21.8. The third-order valence-corrected chi connectivity index (χ3v) is 19.8. The molecule has 0 atom stereocenters. The molecule has 1 saturated heterocycles. The molecule has 0 saturated carbocycles. The van der Waals surface area contributed by atoms with Crippen LogP contribution in [0.5, 0.6) is 0 Å². The van der Waals surface area contributed by atoms with Gasteiger partial charge in [-0.15, -0.1) is 0 Å². The molecule has 0 aliphatic carbocycles. The summed E-state index contributed by atoms with van der Waals surface area (Å²) < 4.78 is 12.9. The standard InChI is InChI=1S/C46H32N2.C36H33BO2.C16H11ClN2.CH4/c1-5-14-33(15-6-1)39-22-13-23-40(28-39)35-24-26-36(27-25-35)42-29-41(34-16-7-2-8-17-34)30-43(31-42)45-32-44(37-18-9-3-10-19-37)47-46(48-45)38-20-11-4-12-21-38;1-35(2)36(3,4)39-37(38-35)34-24-32(27-14-9-6-10-15-27)23-33(25-34)29-20-18-28(19-21-29)31-17-11-16-30(22-31)26-12-7-5-8-13-26;17-15-11-14(12-7-3-1-4-8-12)18-16(19-15)13-9-5-2-6-10-13;/h1-32H;5-25H,1-4H3;1-11H;1H4. The van der Waals surface area contributed by atoms with Crippen LogP contribution in [0.4, 0.5) is 0 Å². The summed E-state index contributed by atoms with van der Waals surface area (Å²) in [4.78, 5) is 19.0. The molecule has 0 bridgehead atoms. The molecule has 0 spiro atoms. The smallest absolute Gasteiger partial charge is 0.399 e. The Hall–Kier alpha value is -12.5. The highest BCUT2D eigenvalue weighted by atomic mass is 35.5. The number of aromatic nitrogens is 4. The summed E-state index contributed by atoms with van der Waals surface area (Å²) in [5, 5.41) is 0.452. The maximum Gasteiger partial charge on any atom is 0.494 e. The van der Waals surface area contributed by atoms with E-state index in [4.69, 9.17) is 30.9 Å². The fourth-order valence-corrected chi connectivity index (χ4v) is 13.3. The van der Waals surface area contributed by atoms with Gasteiger partial charge in [0.05, 0.1) is 28.3 Å². The molecule has 0 amide bonds. The summed E-state index contributed by atoms with van der Waals surface area (Å²) in [7, 11) is -0.419. The second-order valence-corrected chi connectivity index (χ2v) is 27.7. The van der Waals surface area contributed by atoms with E-state index in [0.29, 0.717) is 16.8 Å². The third kappa shape index (κ3) is 17.0. The van der Waals surface area contributed by atoms with Gasteiger partial charge < -0.3 is 9.31 Å². The Morgan fingerprint density at radius 2 is 0.439 bits per heavy atom. The summed E-state index contributed by atoms with van der Waals surface area (Å²) in [5.74, 6) is 1.35. The van der Waals surface area contributed by atoms with Crippen molar-refractivity contribution in [3.8, 4) is 146 Å². The highest BCUT2D eigenvalue weighted by Gasteiger charge is 2.52. The number of nitrogens with zero attached hydrogens (tertiary/aromatic N) is 4. The fourth-order valence-electron chi connectivity index (χ4n) is 13.2. The molecule has 16 aromatic rings. The van der Waals surface area contributed by atoms with Crippen molar-refractivity contribution in [1.29, 1.82) is 0 Å². The van der Waals surface area contributed by atoms with Gasteiger partial charge >= 0.3 is 7.12 Å². The molecular formula is C99H80BClN4O2. The summed E-state index contributed by atoms with van der Waals surface area (Å²) in [6.07, 6.45) is 0. The van der Waals surface area contributed by atoms with E-state index in [-0.39, 0.29) is 7.43 Å². The van der Waals surface area contributed by atoms with Gasteiger partial charge in [-0.3, -0.25) is 0 Å². The van der Waals surface area contributed by atoms with E-state index in [0.717, 1.165) is 89.3 Å². The van der Waals surface area contributed by atoms with E-state index in [1.165, 1.54) is 50.1 Å². The zero-order valence-electron chi connectivity index (χ0n) is 59.5. The zero-order valence-corrected chi connectivity index (χ0v) is 60.3. The predicted molar refractivity (Wildman–Crippen MR) is 449 cm³/mol. The zero-order chi connectivity index (χ0) is 72.2. The maximum atomic E-state index is 6.43. The molecule has 2 aromatic heterocycles. The first-order chi connectivity index (χ1) is 51.9. The highest BCUT2D eigenvalue weighted by molar-refractivity contribution is 6.62. The lowest BCUT2D eigenvalue weighted by atomic mass is 9.76. The minimum Gasteiger partial charge on any atom is -0.399 e. The molecule has 1 fully saturated rings. The molecule has 1 aliphatic rings. The number of benzene rings is 14. The summed E-state index contributed by atoms with van der Waals surface area (Å²) in [5.41, 5.74) is 26.8. The van der Waals surface area contributed by atoms with Crippen molar-refractivity contribution < 1.29 is 9.31 Å². The Bertz CT molecular complexity index is 5490. The fraction of sp³-hybridized carbons (Fsp3) is 0.0707. The monoisotopic (exact) mass is 1400 g/mol. The van der Waals surface area contributed by atoms with Crippen LogP contribution in [0.25, 0.3) is 146 Å². The van der Waals surface area contributed by atoms with Gasteiger partial charge in [-0.25, -0.2) is 19.9 Å². The van der Waals surface area contributed by atoms with Crippen LogP contribution in [0, 0.1) is 0 Å². The molecule has 0 unspecified atom stereocenters. The van der Waals surface area contributed by atoms with Crippen LogP contribution in [-0.4, -0.2) is 38.3 Å². The summed E-state index contributed by atoms with van der Waals surface area (Å²) >= 11 is 6.10. The Morgan fingerprint density at radius 1 is 0.215 bits per heavy atom. The lowest BCUT2D eigenvalue weighted by Gasteiger charge is -2.32. The van der Waals surface area contributed by atoms with Crippen LogP contribution in [0.15, 0.2) is 388 Å². The van der Waals surface area contributed by atoms with Crippen LogP contribution >= 0.6 is 11.6 Å². The Balaban J connectivity index is 0.000000145. The molecule has 0 N–H and O–H groups in total. The largest absolute Gasteiger partial charge is 0.494 e. The first kappa shape index (κ1) is 71.5. The lowest BCUT2D eigenvalue weighted by molar-refractivity contribution is 0.00578. The van der Waals surface area contributed by atoms with Crippen LogP contribution < -0.4 is 5.46 Å². The Morgan fingerprint density at radius 3 is 0.776 bits per heavy atom. The van der Waals surface area contributed by atoms with E-state index in [1.807, 2.05) is 91.0 Å². The van der Waals surface area contributed by atoms with Crippen LogP contribution in [-0.2, 0) is 9.31 Å². The van der Waals surface area contributed by atoms with Gasteiger partial charge in [0.25, 0.3) is 0 Å². The van der Waals surface area contributed by atoms with Crippen LogP contribution in [0.2, 0.25) is 5.15 Å². The van der Waals surface area contributed by atoms with Gasteiger partial charge in [0.2, 0.25) is 0 Å². The summed E-state index contributed by atoms with van der Waals surface area (Å²) in [6, 6.07) is 135. The molecule has 17 rings (SSSR count). The van der Waals surface area contributed by atoms with Crippen LogP contribution in [0.3, 0.4) is 0 Å². The second-order valence-electron chi connectivity index (χ2n) is 27.3. The molecule has 1 aliphatic heterocycles. The van der Waals surface area contributed by atoms with E-state index < -0.39 is 18.3 Å². The third-order valence-electron chi connectivity index (χ3n) is 19.6. The Labute approximate surface area is 634 Å². The quantitative estimate of drug-likeness (QED) is 0.0798. The molecule has 107 heavy (non-hydrogen) atoms. The topological polar surface area (TPSA) is 70.0 Å². The van der Waals surface area contributed by atoms with Gasteiger partial charge in [-0.1, -0.05) is 359 Å². The average Bonchev–Trinajstić information content (AvgIpc) is 1.68.